The summed E-state index contributed by atoms with van der Waals surface area (Å²) in [5, 5.41) is 15.2. The van der Waals surface area contributed by atoms with Crippen molar-refractivity contribution in [2.45, 2.75) is 25.7 Å². The van der Waals surface area contributed by atoms with Crippen molar-refractivity contribution in [3.05, 3.63) is 76.4 Å². The molecule has 6 nitrogen and oxygen atoms in total. The Morgan fingerprint density at radius 3 is 2.58 bits per heavy atom. The van der Waals surface area contributed by atoms with Gasteiger partial charge in [0.15, 0.2) is 11.6 Å². The van der Waals surface area contributed by atoms with Gasteiger partial charge in [-0.05, 0) is 37.1 Å². The van der Waals surface area contributed by atoms with Crippen LogP contribution in [0.4, 0.5) is 0 Å². The van der Waals surface area contributed by atoms with E-state index in [2.05, 4.69) is 5.32 Å². The number of aromatic hydroxyl groups is 1. The maximum absolute atomic E-state index is 13.2. The Morgan fingerprint density at radius 1 is 0.970 bits per heavy atom. The summed E-state index contributed by atoms with van der Waals surface area (Å²) in [6.07, 6.45) is 3.93. The summed E-state index contributed by atoms with van der Waals surface area (Å²) < 4.78 is 0. The number of ketones is 2. The van der Waals surface area contributed by atoms with Gasteiger partial charge < -0.3 is 5.11 Å². The van der Waals surface area contributed by atoms with Crippen LogP contribution in [0.25, 0.3) is 10.8 Å². The second-order valence-corrected chi connectivity index (χ2v) is 9.31. The van der Waals surface area contributed by atoms with Crippen LogP contribution in [0.3, 0.4) is 0 Å². The van der Waals surface area contributed by atoms with Crippen LogP contribution in [0.5, 0.6) is 5.75 Å². The van der Waals surface area contributed by atoms with Crippen LogP contribution in [0.1, 0.15) is 31.2 Å². The van der Waals surface area contributed by atoms with Gasteiger partial charge in [0.2, 0.25) is 11.8 Å². The first-order valence-corrected chi connectivity index (χ1v) is 11.1. The lowest BCUT2D eigenvalue weighted by Crippen LogP contribution is -2.39. The molecule has 6 rings (SSSR count). The Kier molecular flexibility index (Phi) is 4.12. The number of hydrogen-bond acceptors (Lipinski definition) is 5. The molecule has 0 unspecified atom stereocenters. The number of fused-ring (bicyclic) bond motifs is 4. The monoisotopic (exact) mass is 439 g/mol. The van der Waals surface area contributed by atoms with Crippen molar-refractivity contribution in [1.29, 1.82) is 0 Å². The minimum atomic E-state index is -0.645. The quantitative estimate of drug-likeness (QED) is 0.404. The third kappa shape index (κ3) is 2.67. The molecule has 1 fully saturated rings. The van der Waals surface area contributed by atoms with Gasteiger partial charge in [0.05, 0.1) is 11.8 Å². The summed E-state index contributed by atoms with van der Waals surface area (Å²) in [6, 6.07) is 11.1. The highest BCUT2D eigenvalue weighted by molar-refractivity contribution is 6.24. The van der Waals surface area contributed by atoms with Crippen LogP contribution in [0.2, 0.25) is 0 Å². The van der Waals surface area contributed by atoms with Crippen LogP contribution in [-0.2, 0) is 19.2 Å². The minimum absolute atomic E-state index is 0.0621. The minimum Gasteiger partial charge on any atom is -0.507 e. The Bertz CT molecular complexity index is 1410. The molecule has 0 aromatic heterocycles. The lowest BCUT2D eigenvalue weighted by molar-refractivity contribution is -0.126. The molecule has 2 aromatic rings. The van der Waals surface area contributed by atoms with Gasteiger partial charge in [0.25, 0.3) is 0 Å². The van der Waals surface area contributed by atoms with Crippen LogP contribution in [-0.4, -0.2) is 28.5 Å². The molecule has 0 spiro atoms. The molecule has 1 saturated heterocycles. The van der Waals surface area contributed by atoms with Gasteiger partial charge in [-0.15, -0.1) is 0 Å². The van der Waals surface area contributed by atoms with Crippen molar-refractivity contribution in [1.82, 2.24) is 5.32 Å². The van der Waals surface area contributed by atoms with Crippen molar-refractivity contribution < 1.29 is 24.3 Å². The van der Waals surface area contributed by atoms with Gasteiger partial charge in [0.1, 0.15) is 5.75 Å². The normalized spacial score (nSPS) is 28.8. The van der Waals surface area contributed by atoms with E-state index in [9.17, 15) is 24.3 Å². The summed E-state index contributed by atoms with van der Waals surface area (Å²) in [6.45, 7) is 1.62. The fourth-order valence-electron chi connectivity index (χ4n) is 6.15. The molecule has 1 aliphatic heterocycles. The molecule has 3 aliphatic carbocycles. The molecule has 0 bridgehead atoms. The summed E-state index contributed by atoms with van der Waals surface area (Å²) in [4.78, 5) is 51.5. The molecular weight excluding hydrogens is 418 g/mol. The molecule has 2 N–H and O–H groups in total. The molecule has 4 aliphatic rings. The highest BCUT2D eigenvalue weighted by Gasteiger charge is 2.53. The Morgan fingerprint density at radius 2 is 1.76 bits per heavy atom. The molecule has 2 aromatic carbocycles. The standard InChI is InChI=1S/C27H21NO5/c1-12-10-20(29)23-19(24(12)30)11-18-15(8-9-17-22(18)27(33)28-26(17)32)21(23)16-7-6-13-4-2-3-5-14(13)25(16)31/h2-8,10,17-18,21-22,31H,9,11H2,1H3,(H,28,32,33)/t17-,18+,21+,22-/m0/s1. The zero-order chi connectivity index (χ0) is 23.0. The third-order valence-corrected chi connectivity index (χ3v) is 7.65. The lowest BCUT2D eigenvalue weighted by atomic mass is 9.59. The molecule has 164 valence electrons. The Balaban J connectivity index is 1.61. The van der Waals surface area contributed by atoms with E-state index in [-0.39, 0.29) is 41.5 Å². The lowest BCUT2D eigenvalue weighted by Gasteiger charge is -2.42. The van der Waals surface area contributed by atoms with Gasteiger partial charge in [-0.2, -0.15) is 0 Å². The van der Waals surface area contributed by atoms with Gasteiger partial charge in [0, 0.05) is 33.6 Å². The first kappa shape index (κ1) is 19.9. The van der Waals surface area contributed by atoms with Crippen molar-refractivity contribution >= 4 is 34.2 Å². The number of carbonyl (C=O) groups is 4. The van der Waals surface area contributed by atoms with E-state index in [0.717, 1.165) is 11.0 Å². The summed E-state index contributed by atoms with van der Waals surface area (Å²) >= 11 is 0. The molecule has 2 amide bonds. The Hall–Kier alpha value is -3.80. The fraction of sp³-hybridized carbons (Fsp3) is 0.259. The number of carbonyl (C=O) groups excluding carboxylic acids is 4. The summed E-state index contributed by atoms with van der Waals surface area (Å²) in [5.74, 6) is -3.07. The van der Waals surface area contributed by atoms with Crippen molar-refractivity contribution in [3.8, 4) is 5.75 Å². The van der Waals surface area contributed by atoms with Crippen molar-refractivity contribution in [2.75, 3.05) is 0 Å². The molecule has 1 heterocycles. The number of phenols is 1. The molecule has 6 heteroatoms. The smallest absolute Gasteiger partial charge is 0.231 e. The van der Waals surface area contributed by atoms with Crippen molar-refractivity contribution in [2.24, 2.45) is 17.8 Å². The third-order valence-electron chi connectivity index (χ3n) is 7.65. The second kappa shape index (κ2) is 6.85. The molecule has 4 atom stereocenters. The van der Waals surface area contributed by atoms with E-state index >= 15 is 0 Å². The Labute approximate surface area is 189 Å². The van der Waals surface area contributed by atoms with Crippen LogP contribution >= 0.6 is 0 Å². The topological polar surface area (TPSA) is 101 Å². The maximum Gasteiger partial charge on any atom is 0.231 e. The largest absolute Gasteiger partial charge is 0.507 e. The zero-order valence-electron chi connectivity index (χ0n) is 17.9. The highest BCUT2D eigenvalue weighted by Crippen LogP contribution is 2.55. The van der Waals surface area contributed by atoms with E-state index in [1.165, 1.54) is 6.08 Å². The van der Waals surface area contributed by atoms with Gasteiger partial charge in [-0.25, -0.2) is 0 Å². The predicted molar refractivity (Wildman–Crippen MR) is 120 cm³/mol. The fourth-order valence-corrected chi connectivity index (χ4v) is 6.15. The average Bonchev–Trinajstić information content (AvgIpc) is 3.10. The second-order valence-electron chi connectivity index (χ2n) is 9.31. The van der Waals surface area contributed by atoms with E-state index < -0.39 is 17.8 Å². The first-order valence-electron chi connectivity index (χ1n) is 11.1. The summed E-state index contributed by atoms with van der Waals surface area (Å²) in [7, 11) is 0. The van der Waals surface area contributed by atoms with Crippen LogP contribution < -0.4 is 5.32 Å². The van der Waals surface area contributed by atoms with Gasteiger partial charge >= 0.3 is 0 Å². The SMILES string of the molecule is CC1=CC(=O)C2=C(C[C@@H]3C(=CC[C@@H]4C(=O)NC(=O)[C@@H]43)[C@@H]2c2ccc3ccccc3c2O)C1=O. The number of imide groups is 1. The van der Waals surface area contributed by atoms with Crippen LogP contribution in [0, 0.1) is 17.8 Å². The number of rotatable bonds is 1. The molecule has 0 radical (unpaired) electrons. The number of hydrogen-bond donors (Lipinski definition) is 2. The summed E-state index contributed by atoms with van der Waals surface area (Å²) in [5.41, 5.74) is 2.51. The first-order chi connectivity index (χ1) is 15.9. The highest BCUT2D eigenvalue weighted by atomic mass is 16.3. The number of allylic oxidation sites excluding steroid dienone is 6. The van der Waals surface area contributed by atoms with E-state index in [0.29, 0.717) is 34.1 Å². The molecule has 33 heavy (non-hydrogen) atoms. The average molecular weight is 439 g/mol. The number of phenolic OH excluding ortho intramolecular Hbond substituents is 1. The van der Waals surface area contributed by atoms with E-state index in [4.69, 9.17) is 0 Å². The van der Waals surface area contributed by atoms with E-state index in [1.807, 2.05) is 36.4 Å². The van der Waals surface area contributed by atoms with Crippen LogP contribution in [0.15, 0.2) is 70.8 Å². The van der Waals surface area contributed by atoms with Gasteiger partial charge in [-0.1, -0.05) is 48.0 Å². The zero-order valence-corrected chi connectivity index (χ0v) is 17.9. The molecule has 0 saturated carbocycles. The number of amides is 2. The van der Waals surface area contributed by atoms with Gasteiger partial charge in [-0.3, -0.25) is 24.5 Å². The number of benzene rings is 2. The number of Topliss-reactive ketones (excluding diaryl/α,β-unsaturated/α-hetero) is 1. The predicted octanol–water partition coefficient (Wildman–Crippen LogP) is 3.26. The number of nitrogens with one attached hydrogen (secondary N) is 1. The molecular formula is C27H21NO5. The van der Waals surface area contributed by atoms with E-state index in [1.54, 1.807) is 13.0 Å². The van der Waals surface area contributed by atoms with Crippen molar-refractivity contribution in [3.63, 3.8) is 0 Å². The maximum atomic E-state index is 13.2.